The van der Waals surface area contributed by atoms with Crippen molar-refractivity contribution in [2.45, 2.75) is 12.1 Å². The van der Waals surface area contributed by atoms with Crippen molar-refractivity contribution in [1.29, 1.82) is 0 Å². The molecule has 0 spiro atoms. The first-order valence-corrected chi connectivity index (χ1v) is 7.42. The molecule has 1 N–H and O–H groups in total. The topological polar surface area (TPSA) is 56.3 Å². The minimum Gasteiger partial charge on any atom is -0.462 e. The normalized spacial score (nSPS) is 13.8. The molecule has 1 aromatic carbocycles. The lowest BCUT2D eigenvalue weighted by molar-refractivity contribution is 0.0805. The number of hydrogen-bond acceptors (Lipinski definition) is 6. The first-order chi connectivity index (χ1) is 9.86. The summed E-state index contributed by atoms with van der Waals surface area (Å²) in [5.74, 6) is 2.54. The molecule has 0 fully saturated rings. The Labute approximate surface area is 121 Å². The fourth-order valence-corrected chi connectivity index (χ4v) is 2.49. The number of hydrogen-bond donors (Lipinski definition) is 1. The second-order valence-corrected chi connectivity index (χ2v) is 5.40. The molecule has 0 saturated carbocycles. The number of thioether (sulfide) groups is 1. The van der Waals surface area contributed by atoms with E-state index in [0.29, 0.717) is 13.3 Å². The van der Waals surface area contributed by atoms with Crippen molar-refractivity contribution < 1.29 is 9.47 Å². The molecule has 1 aliphatic rings. The lowest BCUT2D eigenvalue weighted by Gasteiger charge is -2.10. The Kier molecular flexibility index (Phi) is 3.92. The Morgan fingerprint density at radius 3 is 3.00 bits per heavy atom. The highest BCUT2D eigenvalue weighted by molar-refractivity contribution is 7.99. The third-order valence-electron chi connectivity index (χ3n) is 2.81. The first-order valence-electron chi connectivity index (χ1n) is 6.43. The summed E-state index contributed by atoms with van der Waals surface area (Å²) >= 11 is 1.63. The second-order valence-electron chi connectivity index (χ2n) is 4.17. The summed E-state index contributed by atoms with van der Waals surface area (Å²) in [5, 5.41) is 5.08. The third kappa shape index (κ3) is 2.80. The van der Waals surface area contributed by atoms with Gasteiger partial charge in [0, 0.05) is 5.39 Å². The molecule has 0 bridgehead atoms. The van der Waals surface area contributed by atoms with Gasteiger partial charge in [-0.3, -0.25) is 0 Å². The molecule has 1 aromatic heterocycles. The van der Waals surface area contributed by atoms with Gasteiger partial charge in [-0.15, -0.1) is 0 Å². The van der Waals surface area contributed by atoms with E-state index < -0.39 is 0 Å². The van der Waals surface area contributed by atoms with Crippen LogP contribution in [-0.4, -0.2) is 29.1 Å². The molecule has 6 heteroatoms. The Balaban J connectivity index is 1.90. The van der Waals surface area contributed by atoms with E-state index in [-0.39, 0.29) is 0 Å². The fourth-order valence-electron chi connectivity index (χ4n) is 1.92. The molecule has 0 amide bonds. The molecule has 0 atom stereocenters. The lowest BCUT2D eigenvalue weighted by Crippen LogP contribution is -2.08. The summed E-state index contributed by atoms with van der Waals surface area (Å²) in [6, 6.07) is 7.97. The molecule has 20 heavy (non-hydrogen) atoms. The van der Waals surface area contributed by atoms with Crippen LogP contribution >= 0.6 is 11.8 Å². The molecule has 104 valence electrons. The maximum Gasteiger partial charge on any atom is 0.229 e. The van der Waals surface area contributed by atoms with E-state index in [1.165, 1.54) is 0 Å². The Morgan fingerprint density at radius 1 is 1.30 bits per heavy atom. The van der Waals surface area contributed by atoms with Gasteiger partial charge in [0.2, 0.25) is 6.79 Å². The molecule has 2 aromatic rings. The molecular weight excluding hydrogens is 274 g/mol. The SMILES string of the molecule is CCSc1nc(NCC2=COCO2)c2ccccc2n1. The highest BCUT2D eigenvalue weighted by atomic mass is 32.2. The van der Waals surface area contributed by atoms with Gasteiger partial charge in [-0.25, -0.2) is 9.97 Å². The van der Waals surface area contributed by atoms with E-state index in [4.69, 9.17) is 9.47 Å². The van der Waals surface area contributed by atoms with Crippen LogP contribution in [0.1, 0.15) is 6.92 Å². The second kappa shape index (κ2) is 6.00. The van der Waals surface area contributed by atoms with Gasteiger partial charge in [-0.05, 0) is 17.9 Å². The minimum absolute atomic E-state index is 0.290. The zero-order chi connectivity index (χ0) is 13.8. The van der Waals surface area contributed by atoms with Crippen molar-refractivity contribution in [1.82, 2.24) is 9.97 Å². The van der Waals surface area contributed by atoms with Gasteiger partial charge in [0.1, 0.15) is 12.1 Å². The molecule has 5 nitrogen and oxygen atoms in total. The summed E-state index contributed by atoms with van der Waals surface area (Å²) < 4.78 is 10.3. The summed E-state index contributed by atoms with van der Waals surface area (Å²) in [6.45, 7) is 2.93. The molecule has 3 rings (SSSR count). The van der Waals surface area contributed by atoms with Crippen molar-refractivity contribution in [3.05, 3.63) is 36.3 Å². The Morgan fingerprint density at radius 2 is 2.20 bits per heavy atom. The first kappa shape index (κ1) is 13.1. The predicted molar refractivity (Wildman–Crippen MR) is 79.5 cm³/mol. The summed E-state index contributed by atoms with van der Waals surface area (Å²) in [7, 11) is 0. The van der Waals surface area contributed by atoms with Crippen molar-refractivity contribution in [3.63, 3.8) is 0 Å². The monoisotopic (exact) mass is 289 g/mol. The highest BCUT2D eigenvalue weighted by Gasteiger charge is 2.10. The van der Waals surface area contributed by atoms with Crippen molar-refractivity contribution in [2.75, 3.05) is 24.4 Å². The van der Waals surface area contributed by atoms with Crippen LogP contribution in [0.15, 0.2) is 41.4 Å². The number of nitrogens with zero attached hydrogens (tertiary/aromatic N) is 2. The van der Waals surface area contributed by atoms with Gasteiger partial charge in [0.05, 0.1) is 12.1 Å². The van der Waals surface area contributed by atoms with Crippen LogP contribution in [0.3, 0.4) is 0 Å². The van der Waals surface area contributed by atoms with Gasteiger partial charge < -0.3 is 14.8 Å². The standard InChI is InChI=1S/C14H15N3O2S/c1-2-20-14-16-12-6-4-3-5-11(12)13(17-14)15-7-10-8-18-9-19-10/h3-6,8H,2,7,9H2,1H3,(H,15,16,17). The van der Waals surface area contributed by atoms with Crippen LogP contribution in [-0.2, 0) is 9.47 Å². The molecule has 0 radical (unpaired) electrons. The average Bonchev–Trinajstić information content (AvgIpc) is 2.98. The number of anilines is 1. The number of fused-ring (bicyclic) bond motifs is 1. The van der Waals surface area contributed by atoms with Gasteiger partial charge >= 0.3 is 0 Å². The van der Waals surface area contributed by atoms with Gasteiger partial charge in [0.15, 0.2) is 10.9 Å². The molecule has 2 heterocycles. The zero-order valence-electron chi connectivity index (χ0n) is 11.1. The lowest BCUT2D eigenvalue weighted by atomic mass is 10.2. The molecule has 1 aliphatic heterocycles. The maximum atomic E-state index is 5.29. The average molecular weight is 289 g/mol. The van der Waals surface area contributed by atoms with Crippen LogP contribution in [0.5, 0.6) is 0 Å². The van der Waals surface area contributed by atoms with Crippen LogP contribution < -0.4 is 5.32 Å². The molecular formula is C14H15N3O2S. The third-order valence-corrected chi connectivity index (χ3v) is 3.54. The Hall–Kier alpha value is -1.95. The van der Waals surface area contributed by atoms with Gasteiger partial charge in [-0.2, -0.15) is 0 Å². The molecule has 0 aliphatic carbocycles. The van der Waals surface area contributed by atoms with E-state index in [9.17, 15) is 0 Å². The number of rotatable bonds is 5. The van der Waals surface area contributed by atoms with Crippen LogP contribution in [0.25, 0.3) is 10.9 Å². The van der Waals surface area contributed by atoms with Crippen LogP contribution in [0.2, 0.25) is 0 Å². The highest BCUT2D eigenvalue weighted by Crippen LogP contribution is 2.24. The van der Waals surface area contributed by atoms with Gasteiger partial charge in [0.25, 0.3) is 0 Å². The molecule has 0 saturated heterocycles. The maximum absolute atomic E-state index is 5.29. The number of aromatic nitrogens is 2. The largest absolute Gasteiger partial charge is 0.462 e. The molecule has 0 unspecified atom stereocenters. The number of para-hydroxylation sites is 1. The predicted octanol–water partition coefficient (Wildman–Crippen LogP) is 3.00. The number of benzene rings is 1. The Bertz CT molecular complexity index is 645. The van der Waals surface area contributed by atoms with Crippen LogP contribution in [0, 0.1) is 0 Å². The summed E-state index contributed by atoms with van der Waals surface area (Å²) in [6.07, 6.45) is 1.62. The fraction of sp³-hybridized carbons (Fsp3) is 0.286. The summed E-state index contributed by atoms with van der Waals surface area (Å²) in [4.78, 5) is 9.12. The number of nitrogens with one attached hydrogen (secondary N) is 1. The van der Waals surface area contributed by atoms with Crippen molar-refractivity contribution >= 4 is 28.5 Å². The van der Waals surface area contributed by atoms with E-state index in [2.05, 4.69) is 22.2 Å². The van der Waals surface area contributed by atoms with Crippen LogP contribution in [0.4, 0.5) is 5.82 Å². The summed E-state index contributed by atoms with van der Waals surface area (Å²) in [5.41, 5.74) is 0.943. The minimum atomic E-state index is 0.290. The van der Waals surface area contributed by atoms with E-state index in [1.807, 2.05) is 24.3 Å². The van der Waals surface area contributed by atoms with Crippen molar-refractivity contribution in [2.24, 2.45) is 0 Å². The quantitative estimate of drug-likeness (QED) is 0.674. The van der Waals surface area contributed by atoms with E-state index in [0.717, 1.165) is 33.4 Å². The van der Waals surface area contributed by atoms with E-state index >= 15 is 0 Å². The zero-order valence-corrected chi connectivity index (χ0v) is 11.9. The van der Waals surface area contributed by atoms with Crippen molar-refractivity contribution in [3.8, 4) is 0 Å². The van der Waals surface area contributed by atoms with Gasteiger partial charge in [-0.1, -0.05) is 30.8 Å². The number of ether oxygens (including phenoxy) is 2. The van der Waals surface area contributed by atoms with E-state index in [1.54, 1.807) is 18.0 Å². The smallest absolute Gasteiger partial charge is 0.229 e.